The second-order valence-corrected chi connectivity index (χ2v) is 14.1. The molecule has 49 heavy (non-hydrogen) atoms. The molecule has 10 nitrogen and oxygen atoms in total. The molecule has 2 aromatic carbocycles. The van der Waals surface area contributed by atoms with Crippen molar-refractivity contribution in [2.75, 3.05) is 64.2 Å². The van der Waals surface area contributed by atoms with Crippen molar-refractivity contribution in [3.05, 3.63) is 64.2 Å². The van der Waals surface area contributed by atoms with Crippen LogP contribution in [0.2, 0.25) is 5.02 Å². The van der Waals surface area contributed by atoms with Crippen LogP contribution in [0, 0.1) is 6.92 Å². The van der Waals surface area contributed by atoms with Gasteiger partial charge in [0.05, 0.1) is 6.54 Å². The first-order valence-electron chi connectivity index (χ1n) is 17.2. The van der Waals surface area contributed by atoms with Gasteiger partial charge < -0.3 is 25.3 Å². The molecule has 1 atom stereocenters. The van der Waals surface area contributed by atoms with E-state index in [2.05, 4.69) is 15.5 Å². The molecular weight excluding hydrogens is 659 g/mol. The van der Waals surface area contributed by atoms with E-state index in [4.69, 9.17) is 11.6 Å². The standard InChI is InChI=1S/C35H45ClF3N7O3/c1-24-20-25(6-7-29(24)36)21-31(32(47)44-12-8-27(9-13-44)43-18-16-42(17-19-43)23-35(37,38)39)41-33(48)45-14-10-28(11-15-45)46-22-26-4-2-3-5-30(26)40-34(46)49/h2-7,20,27-28,31H,8-19,21-23H2,1H3,(H,40,49)(H,41,48). The Morgan fingerprint density at radius 3 is 2.24 bits per heavy atom. The number of likely N-dealkylation sites (tertiary alicyclic amines) is 2. The summed E-state index contributed by atoms with van der Waals surface area (Å²) in [5.41, 5.74) is 3.68. The van der Waals surface area contributed by atoms with Crippen molar-refractivity contribution in [1.82, 2.24) is 29.8 Å². The molecule has 3 fully saturated rings. The molecule has 4 heterocycles. The number of anilines is 1. The van der Waals surface area contributed by atoms with Gasteiger partial charge in [0.2, 0.25) is 5.91 Å². The molecule has 4 aliphatic rings. The number of fused-ring (bicyclic) bond motifs is 1. The topological polar surface area (TPSA) is 91.5 Å². The molecule has 266 valence electrons. The molecule has 0 saturated carbocycles. The summed E-state index contributed by atoms with van der Waals surface area (Å²) in [6, 6.07) is 12.4. The van der Waals surface area contributed by atoms with Gasteiger partial charge in [0.25, 0.3) is 0 Å². The molecule has 4 aliphatic heterocycles. The molecule has 6 rings (SSSR count). The van der Waals surface area contributed by atoms with Gasteiger partial charge in [-0.15, -0.1) is 0 Å². The zero-order chi connectivity index (χ0) is 34.7. The first-order valence-corrected chi connectivity index (χ1v) is 17.6. The lowest BCUT2D eigenvalue weighted by Gasteiger charge is -2.43. The first-order chi connectivity index (χ1) is 23.4. The Labute approximate surface area is 290 Å². The van der Waals surface area contributed by atoms with Gasteiger partial charge >= 0.3 is 18.2 Å². The monoisotopic (exact) mass is 703 g/mol. The molecule has 0 aromatic heterocycles. The van der Waals surface area contributed by atoms with Crippen molar-refractivity contribution < 1.29 is 27.6 Å². The van der Waals surface area contributed by atoms with Crippen LogP contribution in [0.3, 0.4) is 0 Å². The van der Waals surface area contributed by atoms with E-state index < -0.39 is 18.8 Å². The summed E-state index contributed by atoms with van der Waals surface area (Å²) in [5, 5.41) is 6.65. The Morgan fingerprint density at radius 2 is 1.57 bits per heavy atom. The fourth-order valence-electron chi connectivity index (χ4n) is 7.62. The van der Waals surface area contributed by atoms with E-state index >= 15 is 0 Å². The summed E-state index contributed by atoms with van der Waals surface area (Å²) in [4.78, 5) is 49.6. The summed E-state index contributed by atoms with van der Waals surface area (Å²) in [6.45, 7) is 5.43. The molecule has 14 heteroatoms. The maximum absolute atomic E-state index is 14.0. The number of carbonyl (C=O) groups is 3. The smallest absolute Gasteiger partial charge is 0.341 e. The summed E-state index contributed by atoms with van der Waals surface area (Å²) in [7, 11) is 0. The number of hydrogen-bond donors (Lipinski definition) is 2. The van der Waals surface area contributed by atoms with Gasteiger partial charge in [-0.3, -0.25) is 14.6 Å². The summed E-state index contributed by atoms with van der Waals surface area (Å²) < 4.78 is 38.5. The molecule has 0 spiro atoms. The van der Waals surface area contributed by atoms with Crippen LogP contribution in [-0.2, 0) is 17.8 Å². The number of hydrogen-bond acceptors (Lipinski definition) is 5. The molecular formula is C35H45ClF3N7O3. The van der Waals surface area contributed by atoms with E-state index in [9.17, 15) is 27.6 Å². The molecule has 3 saturated heterocycles. The Hall–Kier alpha value is -3.55. The number of alkyl halides is 3. The van der Waals surface area contributed by atoms with E-state index in [-0.39, 0.29) is 30.1 Å². The van der Waals surface area contributed by atoms with Gasteiger partial charge in [0.1, 0.15) is 6.04 Å². The number of aryl methyl sites for hydroxylation is 1. The number of para-hydroxylation sites is 1. The maximum atomic E-state index is 14.0. The lowest BCUT2D eigenvalue weighted by atomic mass is 9.99. The van der Waals surface area contributed by atoms with Gasteiger partial charge in [-0.25, -0.2) is 9.59 Å². The van der Waals surface area contributed by atoms with Crippen LogP contribution in [0.1, 0.15) is 42.4 Å². The number of nitrogens with one attached hydrogen (secondary N) is 2. The second kappa shape index (κ2) is 15.1. The van der Waals surface area contributed by atoms with Gasteiger partial charge in [0.15, 0.2) is 0 Å². The number of rotatable bonds is 7. The third-order valence-corrected chi connectivity index (χ3v) is 10.8. The van der Waals surface area contributed by atoms with E-state index in [0.717, 1.165) is 35.2 Å². The van der Waals surface area contributed by atoms with Gasteiger partial charge in [-0.2, -0.15) is 13.2 Å². The lowest BCUT2D eigenvalue weighted by molar-refractivity contribution is -0.150. The highest BCUT2D eigenvalue weighted by Crippen LogP contribution is 2.28. The number of carbonyl (C=O) groups excluding carboxylic acids is 3. The highest BCUT2D eigenvalue weighted by atomic mass is 35.5. The first kappa shape index (κ1) is 35.3. The number of piperazine rings is 1. The van der Waals surface area contributed by atoms with Crippen LogP contribution in [0.4, 0.5) is 28.4 Å². The fraction of sp³-hybridized carbons (Fsp3) is 0.571. The minimum Gasteiger partial charge on any atom is -0.341 e. The number of piperidine rings is 2. The SMILES string of the molecule is Cc1cc(CC(NC(=O)N2CCC(N3Cc4ccccc4NC3=O)CC2)C(=O)N2CCC(N3CCN(CC(F)(F)F)CC3)CC2)ccc1Cl. The fourth-order valence-corrected chi connectivity index (χ4v) is 7.74. The second-order valence-electron chi connectivity index (χ2n) is 13.7. The maximum Gasteiger partial charge on any atom is 0.401 e. The number of halogens is 4. The summed E-state index contributed by atoms with van der Waals surface area (Å²) in [5.74, 6) is -0.145. The van der Waals surface area contributed by atoms with Crippen molar-refractivity contribution in [3.63, 3.8) is 0 Å². The minimum absolute atomic E-state index is 0.000731. The van der Waals surface area contributed by atoms with Crippen LogP contribution in [0.15, 0.2) is 42.5 Å². The third kappa shape index (κ3) is 8.79. The van der Waals surface area contributed by atoms with Crippen LogP contribution in [0.5, 0.6) is 0 Å². The number of amides is 5. The Morgan fingerprint density at radius 1 is 0.918 bits per heavy atom. The Balaban J connectivity index is 1.05. The highest BCUT2D eigenvalue weighted by Gasteiger charge is 2.37. The normalized spacial score (nSPS) is 20.9. The van der Waals surface area contributed by atoms with Crippen molar-refractivity contribution >= 4 is 35.3 Å². The van der Waals surface area contributed by atoms with E-state index in [1.165, 1.54) is 4.90 Å². The Bertz CT molecular complexity index is 1500. The average molecular weight is 704 g/mol. The molecule has 2 N–H and O–H groups in total. The van der Waals surface area contributed by atoms with Crippen molar-refractivity contribution in [1.29, 1.82) is 0 Å². The molecule has 5 amide bonds. The van der Waals surface area contributed by atoms with Crippen molar-refractivity contribution in [3.8, 4) is 0 Å². The van der Waals surface area contributed by atoms with E-state index in [1.807, 2.05) is 53.1 Å². The number of urea groups is 2. The zero-order valence-corrected chi connectivity index (χ0v) is 28.6. The molecule has 0 bridgehead atoms. The van der Waals surface area contributed by atoms with Gasteiger partial charge in [0, 0.05) is 88.1 Å². The van der Waals surface area contributed by atoms with Crippen LogP contribution in [0.25, 0.3) is 0 Å². The van der Waals surface area contributed by atoms with Crippen LogP contribution >= 0.6 is 11.6 Å². The van der Waals surface area contributed by atoms with Gasteiger partial charge in [-0.1, -0.05) is 41.9 Å². The van der Waals surface area contributed by atoms with Crippen molar-refractivity contribution in [2.24, 2.45) is 0 Å². The van der Waals surface area contributed by atoms with Crippen molar-refractivity contribution in [2.45, 2.75) is 69.9 Å². The molecule has 0 aliphatic carbocycles. The molecule has 0 radical (unpaired) electrons. The predicted molar refractivity (Wildman–Crippen MR) is 181 cm³/mol. The minimum atomic E-state index is -4.19. The largest absolute Gasteiger partial charge is 0.401 e. The Kier molecular flexibility index (Phi) is 10.9. The molecule has 2 aromatic rings. The summed E-state index contributed by atoms with van der Waals surface area (Å²) in [6.07, 6.45) is -1.15. The molecule has 1 unspecified atom stereocenters. The third-order valence-electron chi connectivity index (χ3n) is 10.4. The number of benzene rings is 2. The average Bonchev–Trinajstić information content (AvgIpc) is 3.09. The quantitative estimate of drug-likeness (QED) is 0.426. The zero-order valence-electron chi connectivity index (χ0n) is 27.9. The predicted octanol–water partition coefficient (Wildman–Crippen LogP) is 4.95. The summed E-state index contributed by atoms with van der Waals surface area (Å²) >= 11 is 6.27. The van der Waals surface area contributed by atoms with E-state index in [0.29, 0.717) is 83.2 Å². The van der Waals surface area contributed by atoms with Gasteiger partial charge in [-0.05, 0) is 61.4 Å². The highest BCUT2D eigenvalue weighted by molar-refractivity contribution is 6.31. The van der Waals surface area contributed by atoms with Crippen LogP contribution in [-0.4, -0.2) is 126 Å². The number of nitrogens with zero attached hydrogens (tertiary/aromatic N) is 5. The lowest BCUT2D eigenvalue weighted by Crippen LogP contribution is -2.58. The van der Waals surface area contributed by atoms with E-state index in [1.54, 1.807) is 11.0 Å². The van der Waals surface area contributed by atoms with Crippen LogP contribution < -0.4 is 10.6 Å².